The van der Waals surface area contributed by atoms with E-state index in [9.17, 15) is 9.59 Å². The van der Waals surface area contributed by atoms with E-state index in [4.69, 9.17) is 9.84 Å². The molecule has 0 radical (unpaired) electrons. The average Bonchev–Trinajstić information content (AvgIpc) is 2.27. The van der Waals surface area contributed by atoms with Gasteiger partial charge in [0, 0.05) is 12.8 Å². The molecular weight excluding hydrogens is 246 g/mol. The maximum absolute atomic E-state index is 12.0. The van der Waals surface area contributed by atoms with Crippen LogP contribution >= 0.6 is 0 Å². The van der Waals surface area contributed by atoms with Crippen molar-refractivity contribution in [1.29, 1.82) is 0 Å². The van der Waals surface area contributed by atoms with E-state index in [1.54, 1.807) is 13.2 Å². The number of carbonyl (C=O) groups is 2. The van der Waals surface area contributed by atoms with E-state index in [1.807, 2.05) is 18.2 Å². The first-order valence-corrected chi connectivity index (χ1v) is 6.23. The maximum atomic E-state index is 12.0. The quantitative estimate of drug-likeness (QED) is 0.850. The van der Waals surface area contributed by atoms with Crippen LogP contribution in [0.1, 0.15) is 18.4 Å². The zero-order chi connectivity index (χ0) is 13.8. The summed E-state index contributed by atoms with van der Waals surface area (Å²) in [6.45, 7) is 0.477. The minimum absolute atomic E-state index is 0.215. The van der Waals surface area contributed by atoms with Gasteiger partial charge in [0.25, 0.3) is 0 Å². The number of methoxy groups -OCH3 is 1. The number of benzene rings is 1. The van der Waals surface area contributed by atoms with E-state index in [0.717, 1.165) is 5.56 Å². The van der Waals surface area contributed by atoms with Crippen LogP contribution in [0, 0.1) is 11.8 Å². The summed E-state index contributed by atoms with van der Waals surface area (Å²) in [5, 5.41) is 11.7. The zero-order valence-electron chi connectivity index (χ0n) is 10.8. The number of rotatable bonds is 5. The normalized spacial score (nSPS) is 21.5. The Kier molecular flexibility index (Phi) is 4.16. The highest BCUT2D eigenvalue weighted by Crippen LogP contribution is 2.35. The predicted octanol–water partition coefficient (Wildman–Crippen LogP) is 1.88. The number of anilines is 1. The molecule has 5 nitrogen and oxygen atoms in total. The van der Waals surface area contributed by atoms with Crippen molar-refractivity contribution >= 4 is 17.6 Å². The molecule has 1 amide bonds. The fourth-order valence-electron chi connectivity index (χ4n) is 2.25. The molecule has 0 aliphatic heterocycles. The van der Waals surface area contributed by atoms with Gasteiger partial charge in [0.15, 0.2) is 0 Å². The lowest BCUT2D eigenvalue weighted by atomic mass is 9.73. The lowest BCUT2D eigenvalue weighted by Gasteiger charge is -2.31. The summed E-state index contributed by atoms with van der Waals surface area (Å²) in [4.78, 5) is 22.9. The molecule has 1 aliphatic rings. The highest BCUT2D eigenvalue weighted by molar-refractivity contribution is 5.96. The van der Waals surface area contributed by atoms with Crippen molar-refractivity contribution in [1.82, 2.24) is 0 Å². The molecule has 1 aromatic carbocycles. The van der Waals surface area contributed by atoms with Crippen LogP contribution in [0.5, 0.6) is 0 Å². The second-order valence-electron chi connectivity index (χ2n) is 4.75. The van der Waals surface area contributed by atoms with Crippen molar-refractivity contribution in [3.8, 4) is 0 Å². The second kappa shape index (κ2) is 5.84. The van der Waals surface area contributed by atoms with Crippen LogP contribution in [0.4, 0.5) is 5.69 Å². The van der Waals surface area contributed by atoms with Crippen LogP contribution in [0.2, 0.25) is 0 Å². The number of aliphatic carboxylic acids is 1. The fourth-order valence-corrected chi connectivity index (χ4v) is 2.25. The molecule has 19 heavy (non-hydrogen) atoms. The lowest BCUT2D eigenvalue weighted by molar-refractivity contribution is -0.151. The monoisotopic (exact) mass is 263 g/mol. The molecule has 0 spiro atoms. The smallest absolute Gasteiger partial charge is 0.307 e. The second-order valence-corrected chi connectivity index (χ2v) is 4.75. The summed E-state index contributed by atoms with van der Waals surface area (Å²) in [6, 6.07) is 7.35. The summed E-state index contributed by atoms with van der Waals surface area (Å²) in [5.74, 6) is -2.06. The van der Waals surface area contributed by atoms with Crippen molar-refractivity contribution < 1.29 is 19.4 Å². The van der Waals surface area contributed by atoms with Crippen LogP contribution in [0.15, 0.2) is 24.3 Å². The molecular formula is C14H17NO4. The molecule has 1 fully saturated rings. The number of nitrogens with one attached hydrogen (secondary N) is 1. The van der Waals surface area contributed by atoms with Gasteiger partial charge >= 0.3 is 5.97 Å². The highest BCUT2D eigenvalue weighted by atomic mass is 16.5. The molecule has 2 N–H and O–H groups in total. The molecule has 1 aromatic rings. The van der Waals surface area contributed by atoms with Gasteiger partial charge in [0.2, 0.25) is 5.91 Å². The van der Waals surface area contributed by atoms with Crippen LogP contribution in [-0.2, 0) is 20.9 Å². The van der Waals surface area contributed by atoms with Crippen molar-refractivity contribution in [3.05, 3.63) is 29.8 Å². The summed E-state index contributed by atoms with van der Waals surface area (Å²) in [6.07, 6.45) is 1.22. The predicted molar refractivity (Wildman–Crippen MR) is 69.6 cm³/mol. The Labute approximate surface area is 111 Å². The molecule has 2 rings (SSSR count). The molecule has 2 atom stereocenters. The number of carboxylic acids is 1. The third-order valence-electron chi connectivity index (χ3n) is 3.43. The van der Waals surface area contributed by atoms with Gasteiger partial charge in [0.1, 0.15) is 0 Å². The first-order valence-electron chi connectivity index (χ1n) is 6.23. The standard InChI is InChI=1S/C14H17NO4/c1-19-8-9-3-2-4-10(7-9)15-13(16)11-5-6-12(11)14(17)18/h2-4,7,11-12H,5-6,8H2,1H3,(H,15,16)(H,17,18). The Balaban J connectivity index is 1.99. The van der Waals surface area contributed by atoms with Gasteiger partial charge in [-0.25, -0.2) is 0 Å². The number of carboxylic acid groups (broad SMARTS) is 1. The fraction of sp³-hybridized carbons (Fsp3) is 0.429. The first kappa shape index (κ1) is 13.5. The molecule has 0 aromatic heterocycles. The first-order chi connectivity index (χ1) is 9.11. The Bertz CT molecular complexity index is 486. The summed E-state index contributed by atoms with van der Waals surface area (Å²) < 4.78 is 5.03. The van der Waals surface area contributed by atoms with Crippen molar-refractivity contribution in [2.75, 3.05) is 12.4 Å². The molecule has 1 aliphatic carbocycles. The Morgan fingerprint density at radius 2 is 2.11 bits per heavy atom. The van der Waals surface area contributed by atoms with Crippen molar-refractivity contribution in [3.63, 3.8) is 0 Å². The molecule has 5 heteroatoms. The summed E-state index contributed by atoms with van der Waals surface area (Å²) in [5.41, 5.74) is 1.64. The summed E-state index contributed by atoms with van der Waals surface area (Å²) >= 11 is 0. The van der Waals surface area contributed by atoms with E-state index in [2.05, 4.69) is 5.32 Å². The van der Waals surface area contributed by atoms with E-state index in [1.165, 1.54) is 0 Å². The van der Waals surface area contributed by atoms with Gasteiger partial charge in [-0.3, -0.25) is 9.59 Å². The Morgan fingerprint density at radius 3 is 2.68 bits per heavy atom. The molecule has 1 saturated carbocycles. The minimum Gasteiger partial charge on any atom is -0.481 e. The van der Waals surface area contributed by atoms with Gasteiger partial charge < -0.3 is 15.2 Å². The number of carbonyl (C=O) groups excluding carboxylic acids is 1. The minimum atomic E-state index is -0.889. The zero-order valence-corrected chi connectivity index (χ0v) is 10.8. The van der Waals surface area contributed by atoms with Crippen LogP contribution in [0.3, 0.4) is 0 Å². The maximum Gasteiger partial charge on any atom is 0.307 e. The van der Waals surface area contributed by atoms with Gasteiger partial charge in [-0.05, 0) is 30.5 Å². The third kappa shape index (κ3) is 3.12. The molecule has 0 heterocycles. The van der Waals surface area contributed by atoms with Crippen LogP contribution in [-0.4, -0.2) is 24.1 Å². The molecule has 0 bridgehead atoms. The number of ether oxygens (including phenoxy) is 1. The number of hydrogen-bond donors (Lipinski definition) is 2. The summed E-state index contributed by atoms with van der Waals surface area (Å²) in [7, 11) is 1.61. The lowest BCUT2D eigenvalue weighted by Crippen LogP contribution is -2.41. The van der Waals surface area contributed by atoms with E-state index >= 15 is 0 Å². The molecule has 102 valence electrons. The highest BCUT2D eigenvalue weighted by Gasteiger charge is 2.41. The van der Waals surface area contributed by atoms with E-state index in [0.29, 0.717) is 25.1 Å². The number of hydrogen-bond acceptors (Lipinski definition) is 3. The van der Waals surface area contributed by atoms with E-state index in [-0.39, 0.29) is 5.91 Å². The SMILES string of the molecule is COCc1cccc(NC(=O)C2CCC2C(=O)O)c1. The average molecular weight is 263 g/mol. The third-order valence-corrected chi connectivity index (χ3v) is 3.43. The van der Waals surface area contributed by atoms with Crippen LogP contribution in [0.25, 0.3) is 0 Å². The topological polar surface area (TPSA) is 75.6 Å². The van der Waals surface area contributed by atoms with Gasteiger partial charge in [-0.1, -0.05) is 12.1 Å². The number of amides is 1. The Hall–Kier alpha value is -1.88. The molecule has 2 unspecified atom stereocenters. The van der Waals surface area contributed by atoms with Crippen molar-refractivity contribution in [2.24, 2.45) is 11.8 Å². The van der Waals surface area contributed by atoms with Crippen molar-refractivity contribution in [2.45, 2.75) is 19.4 Å². The van der Waals surface area contributed by atoms with Gasteiger partial charge in [-0.2, -0.15) is 0 Å². The van der Waals surface area contributed by atoms with Gasteiger partial charge in [0.05, 0.1) is 18.4 Å². The van der Waals surface area contributed by atoms with Crippen LogP contribution < -0.4 is 5.32 Å². The van der Waals surface area contributed by atoms with E-state index < -0.39 is 17.8 Å². The molecule has 0 saturated heterocycles. The van der Waals surface area contributed by atoms with Gasteiger partial charge in [-0.15, -0.1) is 0 Å². The Morgan fingerprint density at radius 1 is 1.37 bits per heavy atom. The largest absolute Gasteiger partial charge is 0.481 e.